The monoisotopic (exact) mass is 374 g/mol. The van der Waals surface area contributed by atoms with E-state index in [1.165, 1.54) is 18.4 Å². The second kappa shape index (κ2) is 7.49. The van der Waals surface area contributed by atoms with Crippen LogP contribution in [0, 0.1) is 39.0 Å². The van der Waals surface area contributed by atoms with Crippen molar-refractivity contribution in [3.8, 4) is 6.07 Å². The highest BCUT2D eigenvalue weighted by molar-refractivity contribution is 7.16. The van der Waals surface area contributed by atoms with E-state index in [2.05, 4.69) is 10.4 Å². The topological polar surface area (TPSA) is 114 Å². The number of esters is 1. The molecule has 0 aliphatic rings. The molecule has 0 atom stereocenters. The summed E-state index contributed by atoms with van der Waals surface area (Å²) in [4.78, 5) is 37.5. The molecule has 0 saturated carbocycles. The molecule has 0 saturated heterocycles. The molecule has 0 radical (unpaired) electrons. The van der Waals surface area contributed by atoms with Crippen molar-refractivity contribution in [2.75, 3.05) is 12.4 Å². The molecule has 0 aromatic carbocycles. The summed E-state index contributed by atoms with van der Waals surface area (Å²) in [7, 11) is 1.27. The maximum atomic E-state index is 12.4. The van der Waals surface area contributed by atoms with Gasteiger partial charge < -0.3 is 10.1 Å². The maximum absolute atomic E-state index is 12.4. The van der Waals surface area contributed by atoms with Crippen LogP contribution in [0.15, 0.2) is 4.79 Å². The number of hydrogen-bond donors (Lipinski definition) is 1. The predicted molar refractivity (Wildman–Crippen MR) is 96.4 cm³/mol. The van der Waals surface area contributed by atoms with Crippen LogP contribution in [0.4, 0.5) is 5.00 Å². The number of rotatable bonds is 4. The van der Waals surface area contributed by atoms with Gasteiger partial charge in [0.2, 0.25) is 5.91 Å². The van der Waals surface area contributed by atoms with Gasteiger partial charge in [0.1, 0.15) is 23.2 Å². The third-order valence-corrected chi connectivity index (χ3v) is 5.19. The van der Waals surface area contributed by atoms with Crippen molar-refractivity contribution < 1.29 is 14.3 Å². The molecular formula is C17H18N4O4S. The fraction of sp³-hybridized carbons (Fsp3) is 0.353. The first-order chi connectivity index (χ1) is 12.2. The maximum Gasteiger partial charge on any atom is 0.341 e. The van der Waals surface area contributed by atoms with Crippen LogP contribution < -0.4 is 10.9 Å². The van der Waals surface area contributed by atoms with Crippen molar-refractivity contribution in [3.05, 3.63) is 43.2 Å². The van der Waals surface area contributed by atoms with Gasteiger partial charge in [-0.1, -0.05) is 0 Å². The van der Waals surface area contributed by atoms with Gasteiger partial charge in [0.25, 0.3) is 5.56 Å². The number of carbonyl (C=O) groups is 2. The number of carbonyl (C=O) groups excluding carboxylic acids is 2. The van der Waals surface area contributed by atoms with Crippen LogP contribution in [0.5, 0.6) is 0 Å². The van der Waals surface area contributed by atoms with Crippen molar-refractivity contribution >= 4 is 28.2 Å². The number of thiophene rings is 1. The van der Waals surface area contributed by atoms with E-state index in [9.17, 15) is 14.4 Å². The van der Waals surface area contributed by atoms with E-state index in [1.54, 1.807) is 20.8 Å². The van der Waals surface area contributed by atoms with Crippen LogP contribution in [0.1, 0.15) is 37.6 Å². The Hall–Kier alpha value is -2.99. The summed E-state index contributed by atoms with van der Waals surface area (Å²) in [6.07, 6.45) is 0. The van der Waals surface area contributed by atoms with E-state index in [4.69, 9.17) is 10.00 Å². The van der Waals surface area contributed by atoms with Gasteiger partial charge >= 0.3 is 5.97 Å². The lowest BCUT2D eigenvalue weighted by Crippen LogP contribution is -2.32. The summed E-state index contributed by atoms with van der Waals surface area (Å²) in [5.41, 5.74) is 1.34. The molecule has 2 aromatic heterocycles. The molecular weight excluding hydrogens is 356 g/mol. The Balaban J connectivity index is 2.33. The van der Waals surface area contributed by atoms with Crippen LogP contribution in [-0.2, 0) is 16.1 Å². The van der Waals surface area contributed by atoms with Crippen LogP contribution in [0.2, 0.25) is 0 Å². The number of amides is 1. The first-order valence-electron chi connectivity index (χ1n) is 7.67. The number of hydrogen-bond acceptors (Lipinski definition) is 7. The lowest BCUT2D eigenvalue weighted by Gasteiger charge is -2.10. The van der Waals surface area contributed by atoms with E-state index in [1.807, 2.05) is 13.0 Å². The van der Waals surface area contributed by atoms with Crippen LogP contribution >= 0.6 is 11.3 Å². The van der Waals surface area contributed by atoms with Crippen LogP contribution in [0.25, 0.3) is 0 Å². The van der Waals surface area contributed by atoms with Crippen molar-refractivity contribution in [1.29, 1.82) is 5.26 Å². The fourth-order valence-corrected chi connectivity index (χ4v) is 3.44. The Morgan fingerprint density at radius 2 is 1.92 bits per heavy atom. The number of aromatic nitrogens is 2. The Morgan fingerprint density at radius 3 is 2.50 bits per heavy atom. The number of anilines is 1. The van der Waals surface area contributed by atoms with Crippen LogP contribution in [0.3, 0.4) is 0 Å². The highest BCUT2D eigenvalue weighted by Gasteiger charge is 2.22. The molecule has 0 spiro atoms. The highest BCUT2D eigenvalue weighted by atomic mass is 32.1. The van der Waals surface area contributed by atoms with Gasteiger partial charge in [-0.05, 0) is 38.8 Å². The zero-order valence-electron chi connectivity index (χ0n) is 15.1. The van der Waals surface area contributed by atoms with E-state index in [-0.39, 0.29) is 12.1 Å². The molecule has 9 heteroatoms. The van der Waals surface area contributed by atoms with Crippen molar-refractivity contribution in [1.82, 2.24) is 9.78 Å². The number of nitrogens with one attached hydrogen (secondary N) is 1. The largest absolute Gasteiger partial charge is 0.465 e. The second-order valence-electron chi connectivity index (χ2n) is 5.69. The number of methoxy groups -OCH3 is 1. The summed E-state index contributed by atoms with van der Waals surface area (Å²) in [6.45, 7) is 6.52. The standard InChI is InChI=1S/C17H18N4O4S/c1-8-10(3)20-21(16(23)12(8)6-18)7-13(22)19-15-14(17(24)25-5)9(2)11(4)26-15/h7H2,1-5H3,(H,19,22). The van der Waals surface area contributed by atoms with E-state index in [0.717, 1.165) is 15.1 Å². The molecule has 0 fully saturated rings. The Morgan fingerprint density at radius 1 is 1.27 bits per heavy atom. The molecule has 136 valence electrons. The van der Waals surface area contributed by atoms with Gasteiger partial charge in [-0.3, -0.25) is 9.59 Å². The zero-order chi connectivity index (χ0) is 19.6. The molecule has 0 aliphatic heterocycles. The minimum absolute atomic E-state index is 0.0386. The minimum atomic E-state index is -0.627. The average molecular weight is 374 g/mol. The zero-order valence-corrected chi connectivity index (χ0v) is 15.9. The molecule has 0 aliphatic carbocycles. The molecule has 8 nitrogen and oxygen atoms in total. The summed E-state index contributed by atoms with van der Waals surface area (Å²) in [6, 6.07) is 1.85. The van der Waals surface area contributed by atoms with Gasteiger partial charge in [0, 0.05) is 4.88 Å². The summed E-state index contributed by atoms with van der Waals surface area (Å²) in [5, 5.41) is 16.2. The fourth-order valence-electron chi connectivity index (χ4n) is 2.38. The summed E-state index contributed by atoms with van der Waals surface area (Å²) < 4.78 is 5.71. The quantitative estimate of drug-likeness (QED) is 0.817. The molecule has 2 rings (SSSR count). The molecule has 1 N–H and O–H groups in total. The van der Waals surface area contributed by atoms with Gasteiger partial charge in [-0.2, -0.15) is 10.4 Å². The Labute approximate surface area is 154 Å². The summed E-state index contributed by atoms with van der Waals surface area (Å²) >= 11 is 1.25. The lowest BCUT2D eigenvalue weighted by molar-refractivity contribution is -0.117. The first kappa shape index (κ1) is 19.3. The normalized spacial score (nSPS) is 10.3. The van der Waals surface area contributed by atoms with E-state index in [0.29, 0.717) is 21.8 Å². The van der Waals surface area contributed by atoms with Gasteiger partial charge in [-0.25, -0.2) is 9.48 Å². The number of ether oxygens (including phenoxy) is 1. The first-order valence-corrected chi connectivity index (χ1v) is 8.49. The molecule has 1 amide bonds. The third-order valence-electron chi connectivity index (χ3n) is 4.07. The minimum Gasteiger partial charge on any atom is -0.465 e. The Kier molecular flexibility index (Phi) is 5.57. The molecule has 26 heavy (non-hydrogen) atoms. The van der Waals surface area contributed by atoms with Crippen LogP contribution in [-0.4, -0.2) is 28.8 Å². The smallest absolute Gasteiger partial charge is 0.341 e. The van der Waals surface area contributed by atoms with Gasteiger partial charge in [0.05, 0.1) is 18.4 Å². The summed E-state index contributed by atoms with van der Waals surface area (Å²) in [5.74, 6) is -1.08. The molecule has 0 bridgehead atoms. The molecule has 0 unspecified atom stereocenters. The third kappa shape index (κ3) is 3.50. The highest BCUT2D eigenvalue weighted by Crippen LogP contribution is 2.32. The number of nitrogens with zero attached hydrogens (tertiary/aromatic N) is 3. The van der Waals surface area contributed by atoms with E-state index < -0.39 is 17.4 Å². The number of aryl methyl sites for hydroxylation is 2. The molecule has 2 heterocycles. The van der Waals surface area contributed by atoms with Crippen molar-refractivity contribution in [2.24, 2.45) is 0 Å². The Bertz CT molecular complexity index is 998. The van der Waals surface area contributed by atoms with E-state index >= 15 is 0 Å². The van der Waals surface area contributed by atoms with Gasteiger partial charge in [-0.15, -0.1) is 11.3 Å². The molecule has 2 aromatic rings. The SMILES string of the molecule is COC(=O)c1c(NC(=O)Cn2nc(C)c(C)c(C#N)c2=O)sc(C)c1C. The van der Waals surface area contributed by atoms with Crippen molar-refractivity contribution in [3.63, 3.8) is 0 Å². The lowest BCUT2D eigenvalue weighted by atomic mass is 10.1. The van der Waals surface area contributed by atoms with Crippen molar-refractivity contribution in [2.45, 2.75) is 34.2 Å². The van der Waals surface area contributed by atoms with Gasteiger partial charge in [0.15, 0.2) is 0 Å². The average Bonchev–Trinajstić information content (AvgIpc) is 2.86. The number of nitriles is 1. The second-order valence-corrected chi connectivity index (χ2v) is 6.91. The predicted octanol–water partition coefficient (Wildman–Crippen LogP) is 1.84.